The fourth-order valence-electron chi connectivity index (χ4n) is 1.85. The second-order valence-corrected chi connectivity index (χ2v) is 5.24. The Morgan fingerprint density at radius 1 is 1.15 bits per heavy atom. The average molecular weight is 270 g/mol. The highest BCUT2D eigenvalue weighted by Crippen LogP contribution is 2.14. The molecule has 1 aromatic carbocycles. The summed E-state index contributed by atoms with van der Waals surface area (Å²) in [6.07, 6.45) is 1.80. The summed E-state index contributed by atoms with van der Waals surface area (Å²) in [5.41, 5.74) is 3.41. The van der Waals surface area contributed by atoms with Crippen LogP contribution in [0.15, 0.2) is 42.6 Å². The van der Waals surface area contributed by atoms with E-state index in [1.165, 1.54) is 5.56 Å². The lowest BCUT2D eigenvalue weighted by Crippen LogP contribution is -2.21. The van der Waals surface area contributed by atoms with Crippen molar-refractivity contribution in [2.24, 2.45) is 0 Å². The zero-order valence-corrected chi connectivity index (χ0v) is 12.4. The van der Waals surface area contributed by atoms with E-state index in [-0.39, 0.29) is 0 Å². The maximum atomic E-state index is 5.77. The SMILES string of the molecule is Cc1cccnc1COc1ccc(CNC(C)C)cc1. The maximum absolute atomic E-state index is 5.77. The Morgan fingerprint density at radius 2 is 1.90 bits per heavy atom. The molecule has 0 bridgehead atoms. The first-order chi connectivity index (χ1) is 9.65. The quantitative estimate of drug-likeness (QED) is 0.872. The van der Waals surface area contributed by atoms with Crippen LogP contribution in [0.2, 0.25) is 0 Å². The number of aromatic nitrogens is 1. The molecule has 0 saturated carbocycles. The van der Waals surface area contributed by atoms with Crippen molar-refractivity contribution in [3.05, 3.63) is 59.4 Å². The first kappa shape index (κ1) is 14.5. The monoisotopic (exact) mass is 270 g/mol. The molecule has 0 atom stereocenters. The van der Waals surface area contributed by atoms with Crippen molar-refractivity contribution in [2.45, 2.75) is 40.0 Å². The molecule has 0 spiro atoms. The van der Waals surface area contributed by atoms with Crippen molar-refractivity contribution >= 4 is 0 Å². The van der Waals surface area contributed by atoms with Gasteiger partial charge in [0, 0.05) is 18.8 Å². The molecule has 2 rings (SSSR count). The standard InChI is InChI=1S/C17H22N2O/c1-13(2)19-11-15-6-8-16(9-7-15)20-12-17-14(3)5-4-10-18-17/h4-10,13,19H,11-12H2,1-3H3. The molecule has 1 aromatic heterocycles. The van der Waals surface area contributed by atoms with E-state index < -0.39 is 0 Å². The van der Waals surface area contributed by atoms with Gasteiger partial charge < -0.3 is 10.1 Å². The number of nitrogens with zero attached hydrogens (tertiary/aromatic N) is 1. The minimum Gasteiger partial charge on any atom is -0.487 e. The van der Waals surface area contributed by atoms with Crippen molar-refractivity contribution in [2.75, 3.05) is 0 Å². The van der Waals surface area contributed by atoms with Crippen LogP contribution in [0.25, 0.3) is 0 Å². The van der Waals surface area contributed by atoms with E-state index in [1.807, 2.05) is 31.2 Å². The summed E-state index contributed by atoms with van der Waals surface area (Å²) in [7, 11) is 0. The van der Waals surface area contributed by atoms with Crippen LogP contribution in [0.5, 0.6) is 5.75 Å². The third-order valence-corrected chi connectivity index (χ3v) is 3.13. The zero-order valence-electron chi connectivity index (χ0n) is 12.4. The molecular weight excluding hydrogens is 248 g/mol. The highest BCUT2D eigenvalue weighted by atomic mass is 16.5. The lowest BCUT2D eigenvalue weighted by molar-refractivity contribution is 0.300. The Bertz CT molecular complexity index is 535. The first-order valence-electron chi connectivity index (χ1n) is 7.01. The van der Waals surface area contributed by atoms with Gasteiger partial charge in [0.25, 0.3) is 0 Å². The first-order valence-corrected chi connectivity index (χ1v) is 7.01. The van der Waals surface area contributed by atoms with E-state index >= 15 is 0 Å². The van der Waals surface area contributed by atoms with Crippen LogP contribution < -0.4 is 10.1 Å². The molecule has 0 amide bonds. The molecule has 3 nitrogen and oxygen atoms in total. The number of nitrogens with one attached hydrogen (secondary N) is 1. The third kappa shape index (κ3) is 4.35. The molecule has 0 aliphatic heterocycles. The summed E-state index contributed by atoms with van der Waals surface area (Å²) in [4.78, 5) is 4.32. The zero-order chi connectivity index (χ0) is 14.4. The summed E-state index contributed by atoms with van der Waals surface area (Å²) >= 11 is 0. The number of ether oxygens (including phenoxy) is 1. The van der Waals surface area contributed by atoms with Crippen molar-refractivity contribution < 1.29 is 4.74 Å². The van der Waals surface area contributed by atoms with Gasteiger partial charge in [-0.25, -0.2) is 0 Å². The Morgan fingerprint density at radius 3 is 2.55 bits per heavy atom. The molecule has 0 aliphatic carbocycles. The summed E-state index contributed by atoms with van der Waals surface area (Å²) in [5, 5.41) is 3.40. The van der Waals surface area contributed by atoms with Gasteiger partial charge in [0.2, 0.25) is 0 Å². The molecule has 0 unspecified atom stereocenters. The van der Waals surface area contributed by atoms with Gasteiger partial charge in [-0.15, -0.1) is 0 Å². The lowest BCUT2D eigenvalue weighted by Gasteiger charge is -2.10. The van der Waals surface area contributed by atoms with E-state index in [9.17, 15) is 0 Å². The van der Waals surface area contributed by atoms with E-state index in [0.717, 1.165) is 23.6 Å². The van der Waals surface area contributed by atoms with Crippen molar-refractivity contribution in [3.63, 3.8) is 0 Å². The van der Waals surface area contributed by atoms with E-state index in [4.69, 9.17) is 4.74 Å². The Hall–Kier alpha value is -1.87. The van der Waals surface area contributed by atoms with E-state index in [2.05, 4.69) is 36.3 Å². The minimum atomic E-state index is 0.498. The Kier molecular flexibility index (Phi) is 5.13. The number of pyridine rings is 1. The molecule has 0 aliphatic rings. The van der Waals surface area contributed by atoms with E-state index in [1.54, 1.807) is 6.20 Å². The highest BCUT2D eigenvalue weighted by molar-refractivity contribution is 5.27. The minimum absolute atomic E-state index is 0.498. The molecule has 106 valence electrons. The van der Waals surface area contributed by atoms with Crippen molar-refractivity contribution in [1.29, 1.82) is 0 Å². The van der Waals surface area contributed by atoms with Crippen LogP contribution in [0.4, 0.5) is 0 Å². The molecule has 20 heavy (non-hydrogen) atoms. The number of hydrogen-bond donors (Lipinski definition) is 1. The molecular formula is C17H22N2O. The summed E-state index contributed by atoms with van der Waals surface area (Å²) < 4.78 is 5.77. The summed E-state index contributed by atoms with van der Waals surface area (Å²) in [5.74, 6) is 0.878. The largest absolute Gasteiger partial charge is 0.487 e. The van der Waals surface area contributed by atoms with E-state index in [0.29, 0.717) is 12.6 Å². The van der Waals surface area contributed by atoms with Gasteiger partial charge in [-0.1, -0.05) is 32.0 Å². The average Bonchev–Trinajstić information content (AvgIpc) is 2.45. The predicted molar refractivity (Wildman–Crippen MR) is 81.7 cm³/mol. The van der Waals surface area contributed by atoms with Crippen molar-refractivity contribution in [3.8, 4) is 5.75 Å². The normalized spacial score (nSPS) is 10.8. The second-order valence-electron chi connectivity index (χ2n) is 5.24. The van der Waals surface area contributed by atoms with Crippen LogP contribution in [0.3, 0.4) is 0 Å². The Balaban J connectivity index is 1.89. The fraction of sp³-hybridized carbons (Fsp3) is 0.353. The second kappa shape index (κ2) is 7.06. The molecule has 1 N–H and O–H groups in total. The van der Waals surface area contributed by atoms with Gasteiger partial charge in [0.1, 0.15) is 12.4 Å². The number of aryl methyl sites for hydroxylation is 1. The lowest BCUT2D eigenvalue weighted by atomic mass is 10.2. The number of hydrogen-bond acceptors (Lipinski definition) is 3. The van der Waals surface area contributed by atoms with Gasteiger partial charge in [0.05, 0.1) is 5.69 Å². The summed E-state index contributed by atoms with van der Waals surface area (Å²) in [6, 6.07) is 12.7. The summed E-state index contributed by atoms with van der Waals surface area (Å²) in [6.45, 7) is 7.74. The van der Waals surface area contributed by atoms with Crippen LogP contribution in [-0.4, -0.2) is 11.0 Å². The van der Waals surface area contributed by atoms with Crippen LogP contribution in [0, 0.1) is 6.92 Å². The van der Waals surface area contributed by atoms with Crippen LogP contribution >= 0.6 is 0 Å². The molecule has 0 saturated heterocycles. The Labute approximate surface area is 121 Å². The van der Waals surface area contributed by atoms with Crippen LogP contribution in [-0.2, 0) is 13.2 Å². The topological polar surface area (TPSA) is 34.1 Å². The number of benzene rings is 1. The van der Waals surface area contributed by atoms with Crippen molar-refractivity contribution in [1.82, 2.24) is 10.3 Å². The maximum Gasteiger partial charge on any atom is 0.130 e. The highest BCUT2D eigenvalue weighted by Gasteiger charge is 2.01. The molecule has 3 heteroatoms. The van der Waals surface area contributed by atoms with Gasteiger partial charge in [0.15, 0.2) is 0 Å². The fourth-order valence-corrected chi connectivity index (χ4v) is 1.85. The van der Waals surface area contributed by atoms with Gasteiger partial charge >= 0.3 is 0 Å². The third-order valence-electron chi connectivity index (χ3n) is 3.13. The van der Waals surface area contributed by atoms with Crippen LogP contribution in [0.1, 0.15) is 30.7 Å². The molecule has 1 heterocycles. The van der Waals surface area contributed by atoms with Gasteiger partial charge in [-0.3, -0.25) is 4.98 Å². The van der Waals surface area contributed by atoms with Gasteiger partial charge in [-0.05, 0) is 36.2 Å². The smallest absolute Gasteiger partial charge is 0.130 e. The number of rotatable bonds is 6. The molecule has 2 aromatic rings. The molecule has 0 radical (unpaired) electrons. The molecule has 0 fully saturated rings. The van der Waals surface area contributed by atoms with Gasteiger partial charge in [-0.2, -0.15) is 0 Å². The predicted octanol–water partition coefficient (Wildman–Crippen LogP) is 3.47.